The van der Waals surface area contributed by atoms with Gasteiger partial charge < -0.3 is 14.2 Å². The van der Waals surface area contributed by atoms with Gasteiger partial charge in [0, 0.05) is 40.0 Å². The van der Waals surface area contributed by atoms with E-state index >= 15 is 0 Å². The Kier molecular flexibility index (Phi) is 5.23. The number of nitrogens with zero attached hydrogens (tertiary/aromatic N) is 6. The van der Waals surface area contributed by atoms with E-state index in [2.05, 4.69) is 9.97 Å². The van der Waals surface area contributed by atoms with Crippen LogP contribution in [0.2, 0.25) is 0 Å². The molecule has 3 aromatic heterocycles. The van der Waals surface area contributed by atoms with Crippen LogP contribution in [0.5, 0.6) is 5.19 Å². The molecule has 33 heavy (non-hydrogen) atoms. The van der Waals surface area contributed by atoms with Gasteiger partial charge in [-0.05, 0) is 12.1 Å². The molecule has 1 aliphatic heterocycles. The normalized spacial score (nSPS) is 14.9. The van der Waals surface area contributed by atoms with Gasteiger partial charge >= 0.3 is 5.69 Å². The number of aryl methyl sites for hydroxylation is 1. The van der Waals surface area contributed by atoms with E-state index in [1.54, 1.807) is 17.0 Å². The molecule has 0 spiro atoms. The summed E-state index contributed by atoms with van der Waals surface area (Å²) in [5.74, 6) is -0.522. The number of likely N-dealkylation sites (tertiary alicyclic amines) is 1. The molecule has 1 aromatic carbocycles. The summed E-state index contributed by atoms with van der Waals surface area (Å²) < 4.78 is 24.3. The Labute approximate surface area is 190 Å². The number of amides is 1. The summed E-state index contributed by atoms with van der Waals surface area (Å²) in [6.45, 7) is 0.935. The number of hydrogen-bond donors (Lipinski definition) is 0. The molecule has 1 saturated heterocycles. The monoisotopic (exact) mass is 472 g/mol. The Hall–Kier alpha value is -3.54. The quantitative estimate of drug-likeness (QED) is 0.443. The van der Waals surface area contributed by atoms with Gasteiger partial charge in [0.15, 0.2) is 11.2 Å². The van der Waals surface area contributed by atoms with E-state index in [1.807, 2.05) is 0 Å². The molecule has 0 aliphatic carbocycles. The summed E-state index contributed by atoms with van der Waals surface area (Å²) in [6.07, 6.45) is 2.52. The molecule has 5 rings (SSSR count). The van der Waals surface area contributed by atoms with Gasteiger partial charge in [0.05, 0.1) is 11.0 Å². The highest BCUT2D eigenvalue weighted by atomic mass is 32.1. The lowest BCUT2D eigenvalue weighted by Gasteiger charge is -2.31. The zero-order valence-corrected chi connectivity index (χ0v) is 18.8. The maximum absolute atomic E-state index is 13.9. The zero-order chi connectivity index (χ0) is 23.3. The fraction of sp³-hybridized carbons (Fsp3) is 0.381. The molecule has 0 atom stereocenters. The van der Waals surface area contributed by atoms with Crippen LogP contribution in [0, 0.1) is 5.82 Å². The van der Waals surface area contributed by atoms with Crippen molar-refractivity contribution in [1.82, 2.24) is 28.6 Å². The minimum Gasteiger partial charge on any atom is -0.467 e. The Balaban J connectivity index is 1.25. The number of para-hydroxylation sites is 1. The standard InChI is InChI=1S/C21H21FN6O4S/c1-25-18-17(19(30)26(2)21(25)31)28(11-23-18)10-15(29)27-8-6-12(7-9-27)32-20-24-16-13(22)4-3-5-14(16)33-20/h3-5,11-12H,6-10H2,1-2H3. The minimum absolute atomic E-state index is 0.0490. The van der Waals surface area contributed by atoms with Crippen LogP contribution >= 0.6 is 11.3 Å². The van der Waals surface area contributed by atoms with Crippen molar-refractivity contribution in [3.8, 4) is 5.19 Å². The molecule has 1 aliphatic rings. The molecule has 0 saturated carbocycles. The van der Waals surface area contributed by atoms with Crippen LogP contribution < -0.4 is 16.0 Å². The molecule has 0 radical (unpaired) electrons. The maximum Gasteiger partial charge on any atom is 0.332 e. The maximum atomic E-state index is 13.9. The van der Waals surface area contributed by atoms with Crippen molar-refractivity contribution in [2.75, 3.05) is 13.1 Å². The molecule has 0 N–H and O–H groups in total. The first-order valence-electron chi connectivity index (χ1n) is 10.4. The topological polar surface area (TPSA) is 104 Å². The highest BCUT2D eigenvalue weighted by Gasteiger charge is 2.26. The van der Waals surface area contributed by atoms with Crippen LogP contribution in [0.3, 0.4) is 0 Å². The number of carbonyl (C=O) groups excluding carboxylic acids is 1. The molecular formula is C21H21FN6O4S. The average molecular weight is 473 g/mol. The number of ether oxygens (including phenoxy) is 1. The molecular weight excluding hydrogens is 451 g/mol. The number of carbonyl (C=O) groups is 1. The molecule has 172 valence electrons. The average Bonchev–Trinajstić information content (AvgIpc) is 3.41. The Morgan fingerprint density at radius 2 is 1.97 bits per heavy atom. The van der Waals surface area contributed by atoms with Crippen molar-refractivity contribution < 1.29 is 13.9 Å². The fourth-order valence-electron chi connectivity index (χ4n) is 4.07. The van der Waals surface area contributed by atoms with Crippen molar-refractivity contribution in [3.63, 3.8) is 0 Å². The predicted octanol–water partition coefficient (Wildman–Crippen LogP) is 1.25. The van der Waals surface area contributed by atoms with Crippen molar-refractivity contribution in [2.45, 2.75) is 25.5 Å². The highest BCUT2D eigenvalue weighted by molar-refractivity contribution is 7.20. The Morgan fingerprint density at radius 3 is 2.70 bits per heavy atom. The fourth-order valence-corrected chi connectivity index (χ4v) is 4.97. The SMILES string of the molecule is Cn1c(=O)c2c(ncn2CC(=O)N2CCC(Oc3nc4c(F)cccc4s3)CC2)n(C)c1=O. The summed E-state index contributed by atoms with van der Waals surface area (Å²) >= 11 is 1.30. The second-order valence-corrected chi connectivity index (χ2v) is 9.01. The number of aromatic nitrogens is 5. The minimum atomic E-state index is -0.488. The molecule has 4 aromatic rings. The molecule has 1 amide bonds. The number of fused-ring (bicyclic) bond motifs is 2. The smallest absolute Gasteiger partial charge is 0.332 e. The van der Waals surface area contributed by atoms with Crippen molar-refractivity contribution in [3.05, 3.63) is 51.2 Å². The van der Waals surface area contributed by atoms with E-state index < -0.39 is 11.2 Å². The number of thiazole rings is 1. The lowest BCUT2D eigenvalue weighted by atomic mass is 10.1. The first-order valence-corrected chi connectivity index (χ1v) is 11.3. The van der Waals surface area contributed by atoms with Gasteiger partial charge in [-0.1, -0.05) is 17.4 Å². The van der Waals surface area contributed by atoms with E-state index in [9.17, 15) is 18.8 Å². The van der Waals surface area contributed by atoms with E-state index in [4.69, 9.17) is 4.74 Å². The number of rotatable bonds is 4. The molecule has 10 nitrogen and oxygen atoms in total. The summed E-state index contributed by atoms with van der Waals surface area (Å²) in [7, 11) is 2.93. The third-order valence-electron chi connectivity index (χ3n) is 5.94. The van der Waals surface area contributed by atoms with Gasteiger partial charge in [-0.15, -0.1) is 0 Å². The number of benzene rings is 1. The summed E-state index contributed by atoms with van der Waals surface area (Å²) in [5, 5.41) is 0.422. The van der Waals surface area contributed by atoms with Crippen LogP contribution in [-0.2, 0) is 25.4 Å². The number of halogens is 1. The largest absolute Gasteiger partial charge is 0.467 e. The Morgan fingerprint density at radius 1 is 1.21 bits per heavy atom. The van der Waals surface area contributed by atoms with Crippen molar-refractivity contribution in [2.24, 2.45) is 14.1 Å². The molecule has 1 fully saturated rings. The lowest BCUT2D eigenvalue weighted by molar-refractivity contribution is -0.133. The second-order valence-electron chi connectivity index (χ2n) is 8.01. The lowest BCUT2D eigenvalue weighted by Crippen LogP contribution is -2.43. The van der Waals surface area contributed by atoms with Crippen molar-refractivity contribution in [1.29, 1.82) is 0 Å². The molecule has 12 heteroatoms. The van der Waals surface area contributed by atoms with E-state index in [1.165, 1.54) is 47.0 Å². The molecule has 0 unspecified atom stereocenters. The van der Waals surface area contributed by atoms with Crippen LogP contribution in [0.25, 0.3) is 21.4 Å². The van der Waals surface area contributed by atoms with E-state index in [0.717, 1.165) is 9.27 Å². The van der Waals surface area contributed by atoms with Gasteiger partial charge in [-0.3, -0.25) is 18.7 Å². The molecule has 4 heterocycles. The summed E-state index contributed by atoms with van der Waals surface area (Å²) in [4.78, 5) is 47.6. The van der Waals surface area contributed by atoms with Crippen LogP contribution in [0.4, 0.5) is 4.39 Å². The number of hydrogen-bond acceptors (Lipinski definition) is 7. The third-order valence-corrected chi connectivity index (χ3v) is 6.85. The highest BCUT2D eigenvalue weighted by Crippen LogP contribution is 2.31. The van der Waals surface area contributed by atoms with Crippen LogP contribution in [0.1, 0.15) is 12.8 Å². The number of imidazole rings is 1. The van der Waals surface area contributed by atoms with Gasteiger partial charge in [0.1, 0.15) is 24.0 Å². The van der Waals surface area contributed by atoms with Crippen molar-refractivity contribution >= 4 is 38.6 Å². The Bertz CT molecular complexity index is 1490. The van der Waals surface area contributed by atoms with Crippen LogP contribution in [-0.4, -0.2) is 53.7 Å². The second kappa shape index (κ2) is 8.10. The van der Waals surface area contributed by atoms with Gasteiger partial charge in [-0.2, -0.15) is 4.98 Å². The van der Waals surface area contributed by atoms with E-state index in [-0.39, 0.29) is 35.5 Å². The first kappa shape index (κ1) is 21.3. The third kappa shape index (κ3) is 3.69. The van der Waals surface area contributed by atoms with Gasteiger partial charge in [-0.25, -0.2) is 14.2 Å². The number of piperidine rings is 1. The van der Waals surface area contributed by atoms with Crippen LogP contribution in [0.15, 0.2) is 34.1 Å². The summed E-state index contributed by atoms with van der Waals surface area (Å²) in [5.41, 5.74) is -0.189. The summed E-state index contributed by atoms with van der Waals surface area (Å²) in [6, 6.07) is 4.81. The van der Waals surface area contributed by atoms with Gasteiger partial charge in [0.25, 0.3) is 10.8 Å². The van der Waals surface area contributed by atoms with E-state index in [0.29, 0.717) is 36.6 Å². The molecule has 0 bridgehead atoms. The zero-order valence-electron chi connectivity index (χ0n) is 18.0. The predicted molar refractivity (Wildman–Crippen MR) is 120 cm³/mol. The van der Waals surface area contributed by atoms with Gasteiger partial charge in [0.2, 0.25) is 5.91 Å². The first-order chi connectivity index (χ1) is 15.8.